The molecule has 0 unspecified atom stereocenters. The minimum absolute atomic E-state index is 0.148. The van der Waals surface area contributed by atoms with Gasteiger partial charge in [0, 0.05) is 19.4 Å². The molecule has 1 rings (SSSR count). The number of hydrogen-bond acceptors (Lipinski definition) is 2. The zero-order valence-electron chi connectivity index (χ0n) is 9.16. The highest BCUT2D eigenvalue weighted by Gasteiger charge is 2.04. The number of carbonyl (C=O) groups excluding carboxylic acids is 1. The molecule has 1 aromatic rings. The Hall–Kier alpha value is -1.22. The maximum absolute atomic E-state index is 12.8. The number of benzene rings is 1. The van der Waals surface area contributed by atoms with Crippen molar-refractivity contribution >= 4 is 5.78 Å². The molecule has 3 heteroatoms. The van der Waals surface area contributed by atoms with Crippen LogP contribution in [0.25, 0.3) is 0 Å². The van der Waals surface area contributed by atoms with Crippen molar-refractivity contribution in [1.29, 1.82) is 0 Å². The Morgan fingerprint density at radius 3 is 2.73 bits per heavy atom. The molecule has 0 bridgehead atoms. The van der Waals surface area contributed by atoms with Crippen LogP contribution in [-0.2, 0) is 11.2 Å². The summed E-state index contributed by atoms with van der Waals surface area (Å²) in [6.07, 6.45) is 0.842. The fourth-order valence-electron chi connectivity index (χ4n) is 1.31. The summed E-state index contributed by atoms with van der Waals surface area (Å²) in [5.74, 6) is -0.137. The summed E-state index contributed by atoms with van der Waals surface area (Å²) in [5, 5.41) is 0. The second-order valence-corrected chi connectivity index (χ2v) is 3.90. The zero-order chi connectivity index (χ0) is 11.3. The van der Waals surface area contributed by atoms with E-state index in [1.165, 1.54) is 12.1 Å². The van der Waals surface area contributed by atoms with Crippen molar-refractivity contribution in [1.82, 2.24) is 4.90 Å². The van der Waals surface area contributed by atoms with E-state index in [1.54, 1.807) is 12.1 Å². The van der Waals surface area contributed by atoms with E-state index in [-0.39, 0.29) is 11.6 Å². The smallest absolute Gasteiger partial charge is 0.138 e. The summed E-state index contributed by atoms with van der Waals surface area (Å²) >= 11 is 0. The highest BCUT2D eigenvalue weighted by atomic mass is 19.1. The molecule has 0 fully saturated rings. The highest BCUT2D eigenvalue weighted by molar-refractivity contribution is 5.80. The Morgan fingerprint density at radius 1 is 1.40 bits per heavy atom. The molecule has 82 valence electrons. The Balaban J connectivity index is 2.44. The average Bonchev–Trinajstić information content (AvgIpc) is 2.15. The van der Waals surface area contributed by atoms with Crippen LogP contribution >= 0.6 is 0 Å². The standard InChI is InChI=1S/C12H16FNO/c1-14(2)7-6-12(15)9-10-4-3-5-11(13)8-10/h3-5,8H,6-7,9H2,1-2H3. The molecule has 0 aliphatic rings. The third-order valence-electron chi connectivity index (χ3n) is 2.13. The van der Waals surface area contributed by atoms with E-state index in [1.807, 2.05) is 19.0 Å². The second-order valence-electron chi connectivity index (χ2n) is 3.90. The lowest BCUT2D eigenvalue weighted by Gasteiger charge is -2.08. The molecule has 0 aromatic heterocycles. The second kappa shape index (κ2) is 5.61. The van der Waals surface area contributed by atoms with E-state index in [4.69, 9.17) is 0 Å². The van der Waals surface area contributed by atoms with Gasteiger partial charge < -0.3 is 4.90 Å². The molecule has 0 aliphatic carbocycles. The SMILES string of the molecule is CN(C)CCC(=O)Cc1cccc(F)c1. The average molecular weight is 209 g/mol. The predicted molar refractivity (Wildman–Crippen MR) is 58.3 cm³/mol. The van der Waals surface area contributed by atoms with Crippen LogP contribution < -0.4 is 0 Å². The van der Waals surface area contributed by atoms with Gasteiger partial charge in [-0.05, 0) is 31.8 Å². The van der Waals surface area contributed by atoms with E-state index in [0.29, 0.717) is 12.8 Å². The van der Waals surface area contributed by atoms with E-state index < -0.39 is 0 Å². The maximum atomic E-state index is 12.8. The Labute approximate surface area is 89.7 Å². The van der Waals surface area contributed by atoms with Crippen LogP contribution in [0.5, 0.6) is 0 Å². The largest absolute Gasteiger partial charge is 0.309 e. The van der Waals surface area contributed by atoms with Gasteiger partial charge in [-0.1, -0.05) is 12.1 Å². The quantitative estimate of drug-likeness (QED) is 0.738. The summed E-state index contributed by atoms with van der Waals surface area (Å²) in [6, 6.07) is 6.20. The summed E-state index contributed by atoms with van der Waals surface area (Å²) in [5.41, 5.74) is 0.749. The van der Waals surface area contributed by atoms with E-state index in [0.717, 1.165) is 12.1 Å². The van der Waals surface area contributed by atoms with Gasteiger partial charge in [-0.25, -0.2) is 4.39 Å². The molecule has 0 heterocycles. The first-order valence-electron chi connectivity index (χ1n) is 4.99. The van der Waals surface area contributed by atoms with Gasteiger partial charge >= 0.3 is 0 Å². The monoisotopic (exact) mass is 209 g/mol. The predicted octanol–water partition coefficient (Wildman–Crippen LogP) is 1.89. The van der Waals surface area contributed by atoms with Crippen molar-refractivity contribution in [3.8, 4) is 0 Å². The molecular formula is C12H16FNO. The van der Waals surface area contributed by atoms with Crippen LogP contribution in [0.4, 0.5) is 4.39 Å². The van der Waals surface area contributed by atoms with Crippen molar-refractivity contribution in [3.63, 3.8) is 0 Å². The minimum Gasteiger partial charge on any atom is -0.309 e. The van der Waals surface area contributed by atoms with E-state index in [2.05, 4.69) is 0 Å². The third-order valence-corrected chi connectivity index (χ3v) is 2.13. The minimum atomic E-state index is -0.284. The first-order chi connectivity index (χ1) is 7.08. The summed E-state index contributed by atoms with van der Waals surface area (Å²) < 4.78 is 12.8. The van der Waals surface area contributed by atoms with Crippen molar-refractivity contribution in [3.05, 3.63) is 35.6 Å². The lowest BCUT2D eigenvalue weighted by atomic mass is 10.1. The number of rotatable bonds is 5. The third kappa shape index (κ3) is 4.70. The summed E-state index contributed by atoms with van der Waals surface area (Å²) in [4.78, 5) is 13.4. The first-order valence-corrected chi connectivity index (χ1v) is 4.99. The van der Waals surface area contributed by atoms with Crippen LogP contribution in [-0.4, -0.2) is 31.3 Å². The molecule has 0 amide bonds. The van der Waals surface area contributed by atoms with Gasteiger partial charge in [-0.2, -0.15) is 0 Å². The number of halogens is 1. The van der Waals surface area contributed by atoms with Gasteiger partial charge in [0.2, 0.25) is 0 Å². The fraction of sp³-hybridized carbons (Fsp3) is 0.417. The van der Waals surface area contributed by atoms with Gasteiger partial charge in [0.25, 0.3) is 0 Å². The topological polar surface area (TPSA) is 20.3 Å². The number of carbonyl (C=O) groups is 1. The Bertz CT molecular complexity index is 336. The first kappa shape index (κ1) is 11.9. The highest BCUT2D eigenvalue weighted by Crippen LogP contribution is 2.05. The zero-order valence-corrected chi connectivity index (χ0v) is 9.16. The molecule has 0 saturated carbocycles. The molecule has 2 nitrogen and oxygen atoms in total. The van der Waals surface area contributed by atoms with Gasteiger partial charge in [0.1, 0.15) is 11.6 Å². The van der Waals surface area contributed by atoms with E-state index in [9.17, 15) is 9.18 Å². The molecule has 0 radical (unpaired) electrons. The van der Waals surface area contributed by atoms with E-state index >= 15 is 0 Å². The molecule has 0 atom stereocenters. The molecule has 0 saturated heterocycles. The van der Waals surface area contributed by atoms with Crippen molar-refractivity contribution in [2.24, 2.45) is 0 Å². The Kier molecular flexibility index (Phi) is 4.43. The number of hydrogen-bond donors (Lipinski definition) is 0. The van der Waals surface area contributed by atoms with Crippen LogP contribution in [0, 0.1) is 5.82 Å². The summed E-state index contributed by atoms with van der Waals surface area (Å²) in [6.45, 7) is 0.744. The molecular weight excluding hydrogens is 193 g/mol. The van der Waals surface area contributed by atoms with Crippen molar-refractivity contribution < 1.29 is 9.18 Å². The summed E-state index contributed by atoms with van der Waals surface area (Å²) in [7, 11) is 3.85. The van der Waals surface area contributed by atoms with Crippen LogP contribution in [0.3, 0.4) is 0 Å². The molecule has 15 heavy (non-hydrogen) atoms. The Morgan fingerprint density at radius 2 is 2.13 bits per heavy atom. The number of ketones is 1. The van der Waals surface area contributed by atoms with Crippen molar-refractivity contribution in [2.45, 2.75) is 12.8 Å². The van der Waals surface area contributed by atoms with Gasteiger partial charge in [0.05, 0.1) is 0 Å². The van der Waals surface area contributed by atoms with Crippen LogP contribution in [0.1, 0.15) is 12.0 Å². The lowest BCUT2D eigenvalue weighted by molar-refractivity contribution is -0.118. The number of nitrogens with zero attached hydrogens (tertiary/aromatic N) is 1. The van der Waals surface area contributed by atoms with Crippen LogP contribution in [0.15, 0.2) is 24.3 Å². The normalized spacial score (nSPS) is 10.7. The van der Waals surface area contributed by atoms with Gasteiger partial charge in [0.15, 0.2) is 0 Å². The van der Waals surface area contributed by atoms with Gasteiger partial charge in [-0.3, -0.25) is 4.79 Å². The maximum Gasteiger partial charge on any atom is 0.138 e. The molecule has 0 spiro atoms. The molecule has 1 aromatic carbocycles. The lowest BCUT2D eigenvalue weighted by Crippen LogP contribution is -2.17. The van der Waals surface area contributed by atoms with Crippen LogP contribution in [0.2, 0.25) is 0 Å². The number of Topliss-reactive ketones (excluding diaryl/α,β-unsaturated/α-hetero) is 1. The molecule has 0 aliphatic heterocycles. The fourth-order valence-corrected chi connectivity index (χ4v) is 1.31. The molecule has 0 N–H and O–H groups in total. The van der Waals surface area contributed by atoms with Crippen molar-refractivity contribution in [2.75, 3.05) is 20.6 Å². The van der Waals surface area contributed by atoms with Gasteiger partial charge in [-0.15, -0.1) is 0 Å².